The van der Waals surface area contributed by atoms with Crippen molar-refractivity contribution in [3.63, 3.8) is 0 Å². The lowest BCUT2D eigenvalue weighted by molar-refractivity contribution is 0.0503. The van der Waals surface area contributed by atoms with Gasteiger partial charge in [-0.1, -0.05) is 40.0 Å². The summed E-state index contributed by atoms with van der Waals surface area (Å²) in [6.07, 6.45) is 2.35. The van der Waals surface area contributed by atoms with Gasteiger partial charge in [-0.25, -0.2) is 28.8 Å². The monoisotopic (exact) mass is 808 g/mol. The van der Waals surface area contributed by atoms with Crippen molar-refractivity contribution in [1.82, 2.24) is 14.5 Å². The number of hydrogen-bond donors (Lipinski definition) is 2. The maximum Gasteiger partial charge on any atom is 0.355 e. The number of esters is 6. The standard InChI is InChI=1S/C42H56N4O12/c1-10-19-23-28(37(47)53-13-4)26(43-31(23)40(50)56-16-7)22-27-35-30(39(49)55-15-6)25(21-12-3)34(42(52)58-18-9)46(35)36(44-27)33-29(38(48)54-14-5)24(20-11-2)32(45-33)41(51)57-17-8/h27,43,45H,10-22H2,1-9H3. The Kier molecular flexibility index (Phi) is 16.0. The van der Waals surface area contributed by atoms with Gasteiger partial charge in [-0.15, -0.1) is 0 Å². The highest BCUT2D eigenvalue weighted by Crippen LogP contribution is 2.41. The first-order chi connectivity index (χ1) is 27.9. The molecule has 0 radical (unpaired) electrons. The molecule has 2 N–H and O–H groups in total. The SMILES string of the molecule is CCCc1c(C(=O)OCC)[nH]c(CC2N=C(c3[nH]c(C(=O)OCC)c(CCC)c3C(=O)OCC)n3c(C(=O)OCC)c(CCC)c(C(=O)OCC)c32)c1C(=O)OCC. The van der Waals surface area contributed by atoms with Crippen LogP contribution in [0.15, 0.2) is 4.99 Å². The first kappa shape index (κ1) is 45.0. The zero-order chi connectivity index (χ0) is 42.7. The van der Waals surface area contributed by atoms with E-state index >= 15 is 0 Å². The molecule has 3 aromatic rings. The second kappa shape index (κ2) is 20.7. The van der Waals surface area contributed by atoms with Gasteiger partial charge < -0.3 is 38.4 Å². The predicted molar refractivity (Wildman–Crippen MR) is 212 cm³/mol. The molecule has 4 rings (SSSR count). The normalized spacial score (nSPS) is 13.1. The van der Waals surface area contributed by atoms with Gasteiger partial charge in [0.05, 0.1) is 73.8 Å². The molecule has 0 amide bonds. The summed E-state index contributed by atoms with van der Waals surface area (Å²) in [7, 11) is 0. The van der Waals surface area contributed by atoms with Crippen molar-refractivity contribution >= 4 is 41.7 Å². The number of hydrogen-bond acceptors (Lipinski definition) is 13. The number of ether oxygens (including phenoxy) is 6. The third kappa shape index (κ3) is 8.90. The highest BCUT2D eigenvalue weighted by Gasteiger charge is 2.44. The average Bonchev–Trinajstić information content (AvgIpc) is 3.92. The first-order valence-corrected chi connectivity index (χ1v) is 20.3. The second-order valence-corrected chi connectivity index (χ2v) is 13.2. The summed E-state index contributed by atoms with van der Waals surface area (Å²) >= 11 is 0. The number of H-pyrrole nitrogens is 2. The number of fused-ring (bicyclic) bond motifs is 1. The summed E-state index contributed by atoms with van der Waals surface area (Å²) in [6, 6.07) is -1.05. The van der Waals surface area contributed by atoms with Crippen LogP contribution in [-0.2, 0) is 54.1 Å². The Morgan fingerprint density at radius 1 is 0.517 bits per heavy atom. The van der Waals surface area contributed by atoms with E-state index in [2.05, 4.69) is 9.97 Å². The lowest BCUT2D eigenvalue weighted by Crippen LogP contribution is -2.22. The molecule has 316 valence electrons. The summed E-state index contributed by atoms with van der Waals surface area (Å²) in [5.41, 5.74) is 1.92. The van der Waals surface area contributed by atoms with Crippen LogP contribution in [0, 0.1) is 0 Å². The van der Waals surface area contributed by atoms with Gasteiger partial charge in [-0.3, -0.25) is 9.56 Å². The van der Waals surface area contributed by atoms with Crippen LogP contribution in [0.5, 0.6) is 0 Å². The van der Waals surface area contributed by atoms with E-state index < -0.39 is 41.9 Å². The fourth-order valence-electron chi connectivity index (χ4n) is 7.38. The zero-order valence-electron chi connectivity index (χ0n) is 35.1. The minimum atomic E-state index is -1.05. The fourth-order valence-corrected chi connectivity index (χ4v) is 7.38. The Labute approximate surface area is 338 Å². The molecule has 0 saturated carbocycles. The lowest BCUT2D eigenvalue weighted by Gasteiger charge is -2.13. The smallest absolute Gasteiger partial charge is 0.355 e. The number of carbonyl (C=O) groups is 6. The molecule has 4 heterocycles. The summed E-state index contributed by atoms with van der Waals surface area (Å²) in [5, 5.41) is 0. The molecule has 58 heavy (non-hydrogen) atoms. The van der Waals surface area contributed by atoms with Gasteiger partial charge in [0.2, 0.25) is 0 Å². The molecule has 16 nitrogen and oxygen atoms in total. The molecule has 1 atom stereocenters. The van der Waals surface area contributed by atoms with Crippen LogP contribution >= 0.6 is 0 Å². The van der Waals surface area contributed by atoms with E-state index in [0.29, 0.717) is 42.4 Å². The van der Waals surface area contributed by atoms with Gasteiger partial charge in [0.1, 0.15) is 17.1 Å². The number of rotatable bonds is 21. The van der Waals surface area contributed by atoms with Crippen LogP contribution in [0.1, 0.15) is 184 Å². The topological polar surface area (TPSA) is 207 Å². The van der Waals surface area contributed by atoms with Crippen molar-refractivity contribution in [2.24, 2.45) is 4.99 Å². The van der Waals surface area contributed by atoms with Crippen molar-refractivity contribution in [2.75, 3.05) is 39.6 Å². The van der Waals surface area contributed by atoms with E-state index in [9.17, 15) is 28.8 Å². The molecule has 16 heteroatoms. The van der Waals surface area contributed by atoms with E-state index in [0.717, 1.165) is 0 Å². The number of carbonyl (C=O) groups excluding carboxylic acids is 6. The first-order valence-electron chi connectivity index (χ1n) is 20.3. The molecule has 0 spiro atoms. The van der Waals surface area contributed by atoms with Gasteiger partial charge in [-0.05, 0) is 71.9 Å². The van der Waals surface area contributed by atoms with Gasteiger partial charge in [0.25, 0.3) is 0 Å². The van der Waals surface area contributed by atoms with Crippen LogP contribution < -0.4 is 0 Å². The number of nitrogens with one attached hydrogen (secondary N) is 2. The van der Waals surface area contributed by atoms with E-state index in [1.165, 1.54) is 4.57 Å². The third-order valence-corrected chi connectivity index (χ3v) is 9.39. The third-order valence-electron chi connectivity index (χ3n) is 9.39. The second-order valence-electron chi connectivity index (χ2n) is 13.2. The molecule has 0 aliphatic carbocycles. The van der Waals surface area contributed by atoms with E-state index in [-0.39, 0.29) is 116 Å². The highest BCUT2D eigenvalue weighted by atomic mass is 16.6. The van der Waals surface area contributed by atoms with E-state index in [4.69, 9.17) is 33.4 Å². The van der Waals surface area contributed by atoms with Crippen molar-refractivity contribution in [3.8, 4) is 0 Å². The van der Waals surface area contributed by atoms with Crippen molar-refractivity contribution in [3.05, 3.63) is 67.5 Å². The molecule has 1 aliphatic heterocycles. The number of nitrogens with zero attached hydrogens (tertiary/aromatic N) is 2. The number of aromatic amines is 2. The number of aliphatic imine (C=N–C) groups is 1. The summed E-state index contributed by atoms with van der Waals surface area (Å²) < 4.78 is 34.5. The Morgan fingerprint density at radius 3 is 1.43 bits per heavy atom. The Hall–Kier alpha value is -5.67. The van der Waals surface area contributed by atoms with Crippen LogP contribution in [-0.4, -0.2) is 95.8 Å². The summed E-state index contributed by atoms with van der Waals surface area (Å²) in [4.78, 5) is 94.2. The predicted octanol–water partition coefficient (Wildman–Crippen LogP) is 6.65. The maximum atomic E-state index is 14.2. The van der Waals surface area contributed by atoms with Crippen molar-refractivity contribution in [2.45, 2.75) is 113 Å². The Morgan fingerprint density at radius 2 is 0.931 bits per heavy atom. The largest absolute Gasteiger partial charge is 0.462 e. The Balaban J connectivity index is 2.22. The van der Waals surface area contributed by atoms with E-state index in [1.807, 2.05) is 20.8 Å². The molecule has 0 fully saturated rings. The minimum absolute atomic E-state index is 0.00199. The van der Waals surface area contributed by atoms with Crippen LogP contribution in [0.4, 0.5) is 0 Å². The molecule has 3 aromatic heterocycles. The van der Waals surface area contributed by atoms with Gasteiger partial charge >= 0.3 is 35.8 Å². The minimum Gasteiger partial charge on any atom is -0.462 e. The van der Waals surface area contributed by atoms with Gasteiger partial charge in [0, 0.05) is 17.7 Å². The molecule has 0 saturated heterocycles. The average molecular weight is 809 g/mol. The van der Waals surface area contributed by atoms with Crippen LogP contribution in [0.3, 0.4) is 0 Å². The zero-order valence-corrected chi connectivity index (χ0v) is 35.1. The molecule has 0 bridgehead atoms. The molecule has 1 aliphatic rings. The molecular formula is C42H56N4O12. The summed E-state index contributed by atoms with van der Waals surface area (Å²) in [6.45, 7) is 15.9. The maximum absolute atomic E-state index is 14.2. The highest BCUT2D eigenvalue weighted by molar-refractivity contribution is 6.15. The van der Waals surface area contributed by atoms with Crippen LogP contribution in [0.2, 0.25) is 0 Å². The number of aromatic nitrogens is 3. The van der Waals surface area contributed by atoms with Crippen molar-refractivity contribution in [1.29, 1.82) is 0 Å². The van der Waals surface area contributed by atoms with E-state index in [1.54, 1.807) is 41.5 Å². The van der Waals surface area contributed by atoms with Gasteiger partial charge in [-0.2, -0.15) is 0 Å². The Bertz CT molecular complexity index is 2050. The quantitative estimate of drug-likeness (QED) is 0.0857. The lowest BCUT2D eigenvalue weighted by atomic mass is 9.97. The molecular weight excluding hydrogens is 752 g/mol. The fraction of sp³-hybridized carbons (Fsp3) is 0.548. The van der Waals surface area contributed by atoms with Crippen LogP contribution in [0.25, 0.3) is 0 Å². The molecule has 1 unspecified atom stereocenters. The van der Waals surface area contributed by atoms with Crippen molar-refractivity contribution < 1.29 is 57.2 Å². The van der Waals surface area contributed by atoms with Gasteiger partial charge in [0.15, 0.2) is 5.84 Å². The summed E-state index contributed by atoms with van der Waals surface area (Å²) in [5.74, 6) is -4.27. The molecule has 0 aromatic carbocycles.